The Morgan fingerprint density at radius 3 is 2.50 bits per heavy atom. The molecule has 0 saturated carbocycles. The van der Waals surface area contributed by atoms with Crippen LogP contribution >= 0.6 is 0 Å². The second kappa shape index (κ2) is 3.82. The van der Waals surface area contributed by atoms with Gasteiger partial charge in [0.1, 0.15) is 5.56 Å². The molecule has 14 heavy (non-hydrogen) atoms. The minimum absolute atomic E-state index is 0.252. The summed E-state index contributed by atoms with van der Waals surface area (Å²) in [5, 5.41) is 13.2. The van der Waals surface area contributed by atoms with E-state index < -0.39 is 5.97 Å². The van der Waals surface area contributed by atoms with Crippen molar-refractivity contribution in [1.82, 2.24) is 9.78 Å². The first-order chi connectivity index (χ1) is 6.49. The summed E-state index contributed by atoms with van der Waals surface area (Å²) in [6.45, 7) is 7.62. The Balaban J connectivity index is 3.23. The summed E-state index contributed by atoms with van der Waals surface area (Å²) in [5.41, 5.74) is 1.67. The first kappa shape index (κ1) is 10.8. The van der Waals surface area contributed by atoms with Crippen LogP contribution in [0.2, 0.25) is 0 Å². The lowest BCUT2D eigenvalue weighted by Gasteiger charge is -2.11. The molecule has 1 heterocycles. The van der Waals surface area contributed by atoms with Crippen LogP contribution in [0.4, 0.5) is 0 Å². The van der Waals surface area contributed by atoms with E-state index in [0.29, 0.717) is 11.3 Å². The van der Waals surface area contributed by atoms with Crippen LogP contribution in [0.5, 0.6) is 0 Å². The highest BCUT2D eigenvalue weighted by Crippen LogP contribution is 2.18. The highest BCUT2D eigenvalue weighted by Gasteiger charge is 2.19. The van der Waals surface area contributed by atoms with E-state index >= 15 is 0 Å². The monoisotopic (exact) mass is 196 g/mol. The molecule has 0 amide bonds. The minimum Gasteiger partial charge on any atom is -0.478 e. The fourth-order valence-corrected chi connectivity index (χ4v) is 1.57. The summed E-state index contributed by atoms with van der Waals surface area (Å²) >= 11 is 0. The molecule has 0 aliphatic heterocycles. The summed E-state index contributed by atoms with van der Waals surface area (Å²) in [7, 11) is 0. The molecule has 1 aromatic rings. The second-order valence-electron chi connectivity index (χ2n) is 3.55. The lowest BCUT2D eigenvalue weighted by atomic mass is 10.2. The van der Waals surface area contributed by atoms with E-state index in [0.717, 1.165) is 12.1 Å². The van der Waals surface area contributed by atoms with Gasteiger partial charge in [-0.05, 0) is 27.2 Å². The molecular weight excluding hydrogens is 180 g/mol. The van der Waals surface area contributed by atoms with Gasteiger partial charge in [-0.3, -0.25) is 4.68 Å². The molecule has 0 spiro atoms. The van der Waals surface area contributed by atoms with Crippen molar-refractivity contribution in [3.63, 3.8) is 0 Å². The van der Waals surface area contributed by atoms with Crippen LogP contribution in [-0.4, -0.2) is 20.9 Å². The van der Waals surface area contributed by atoms with Crippen molar-refractivity contribution in [2.45, 2.75) is 40.2 Å². The Bertz CT molecular complexity index is 355. The first-order valence-corrected chi connectivity index (χ1v) is 4.78. The minimum atomic E-state index is -0.894. The third-order valence-corrected chi connectivity index (χ3v) is 2.55. The van der Waals surface area contributed by atoms with E-state index in [1.807, 2.05) is 6.92 Å². The highest BCUT2D eigenvalue weighted by atomic mass is 16.4. The topological polar surface area (TPSA) is 55.1 Å². The van der Waals surface area contributed by atoms with Crippen LogP contribution in [0.3, 0.4) is 0 Å². The number of aromatic nitrogens is 2. The molecule has 1 rings (SSSR count). The first-order valence-electron chi connectivity index (χ1n) is 4.78. The predicted molar refractivity (Wildman–Crippen MR) is 53.7 cm³/mol. The normalized spacial score (nSPS) is 12.9. The third-order valence-electron chi connectivity index (χ3n) is 2.55. The van der Waals surface area contributed by atoms with Crippen LogP contribution in [0, 0.1) is 13.8 Å². The van der Waals surface area contributed by atoms with Crippen molar-refractivity contribution in [2.24, 2.45) is 0 Å². The molecule has 1 atom stereocenters. The van der Waals surface area contributed by atoms with E-state index in [4.69, 9.17) is 5.11 Å². The van der Waals surface area contributed by atoms with Crippen molar-refractivity contribution in [3.05, 3.63) is 17.0 Å². The Morgan fingerprint density at radius 2 is 2.14 bits per heavy atom. The van der Waals surface area contributed by atoms with Crippen LogP contribution in [0.1, 0.15) is 48.1 Å². The Kier molecular flexibility index (Phi) is 2.93. The van der Waals surface area contributed by atoms with E-state index in [2.05, 4.69) is 12.0 Å². The van der Waals surface area contributed by atoms with Crippen LogP contribution in [0.15, 0.2) is 0 Å². The highest BCUT2D eigenvalue weighted by molar-refractivity contribution is 5.90. The number of aromatic carboxylic acids is 1. The number of nitrogens with zero attached hydrogens (tertiary/aromatic N) is 2. The molecule has 1 aromatic heterocycles. The maximum absolute atomic E-state index is 10.9. The molecule has 4 nitrogen and oxygen atoms in total. The smallest absolute Gasteiger partial charge is 0.339 e. The molecule has 0 aliphatic rings. The maximum atomic E-state index is 10.9. The quantitative estimate of drug-likeness (QED) is 0.806. The molecule has 0 bridgehead atoms. The molecule has 0 aliphatic carbocycles. The van der Waals surface area contributed by atoms with Crippen molar-refractivity contribution < 1.29 is 9.90 Å². The molecule has 0 saturated heterocycles. The number of rotatable bonds is 3. The fourth-order valence-electron chi connectivity index (χ4n) is 1.57. The fraction of sp³-hybridized carbons (Fsp3) is 0.600. The maximum Gasteiger partial charge on any atom is 0.339 e. The average molecular weight is 196 g/mol. The third kappa shape index (κ3) is 1.64. The molecular formula is C10H16N2O2. The lowest BCUT2D eigenvalue weighted by molar-refractivity contribution is 0.0695. The summed E-state index contributed by atoms with van der Waals surface area (Å²) in [6.07, 6.45) is 0.945. The Labute approximate surface area is 83.5 Å². The van der Waals surface area contributed by atoms with E-state index in [-0.39, 0.29) is 6.04 Å². The number of hydrogen-bond acceptors (Lipinski definition) is 2. The van der Waals surface area contributed by atoms with Crippen LogP contribution in [0.25, 0.3) is 0 Å². The number of carbonyl (C=O) groups is 1. The zero-order valence-corrected chi connectivity index (χ0v) is 9.03. The lowest BCUT2D eigenvalue weighted by Crippen LogP contribution is -2.08. The van der Waals surface area contributed by atoms with Gasteiger partial charge >= 0.3 is 5.97 Å². The van der Waals surface area contributed by atoms with Crippen LogP contribution in [-0.2, 0) is 0 Å². The van der Waals surface area contributed by atoms with Gasteiger partial charge in [0.05, 0.1) is 11.4 Å². The summed E-state index contributed by atoms with van der Waals surface area (Å²) in [4.78, 5) is 10.9. The van der Waals surface area contributed by atoms with E-state index in [1.54, 1.807) is 18.5 Å². The zero-order chi connectivity index (χ0) is 10.9. The molecule has 0 aromatic carbocycles. The van der Waals surface area contributed by atoms with Gasteiger partial charge < -0.3 is 5.11 Å². The Hall–Kier alpha value is -1.32. The summed E-state index contributed by atoms with van der Waals surface area (Å²) in [5.74, 6) is -0.894. The molecule has 1 unspecified atom stereocenters. The van der Waals surface area contributed by atoms with Gasteiger partial charge in [-0.25, -0.2) is 4.79 Å². The SMILES string of the molecule is CCC(C)n1nc(C)c(C(=O)O)c1C. The predicted octanol–water partition coefficient (Wildman–Crippen LogP) is 2.17. The van der Waals surface area contributed by atoms with Crippen molar-refractivity contribution in [3.8, 4) is 0 Å². The van der Waals surface area contributed by atoms with Crippen molar-refractivity contribution >= 4 is 5.97 Å². The summed E-state index contributed by atoms with van der Waals surface area (Å²) < 4.78 is 1.79. The number of carboxylic acids is 1. The van der Waals surface area contributed by atoms with Gasteiger partial charge in [-0.2, -0.15) is 5.10 Å². The van der Waals surface area contributed by atoms with Gasteiger partial charge in [-0.15, -0.1) is 0 Å². The number of hydrogen-bond donors (Lipinski definition) is 1. The molecule has 1 N–H and O–H groups in total. The van der Waals surface area contributed by atoms with Gasteiger partial charge in [0.2, 0.25) is 0 Å². The average Bonchev–Trinajstić information content (AvgIpc) is 2.40. The van der Waals surface area contributed by atoms with Crippen molar-refractivity contribution in [2.75, 3.05) is 0 Å². The van der Waals surface area contributed by atoms with Crippen LogP contribution < -0.4 is 0 Å². The van der Waals surface area contributed by atoms with E-state index in [1.165, 1.54) is 0 Å². The van der Waals surface area contributed by atoms with Gasteiger partial charge in [0.15, 0.2) is 0 Å². The molecule has 0 fully saturated rings. The molecule has 78 valence electrons. The largest absolute Gasteiger partial charge is 0.478 e. The standard InChI is InChI=1S/C10H16N2O2/c1-5-6(2)12-8(4)9(10(13)14)7(3)11-12/h6H,5H2,1-4H3,(H,13,14). The molecule has 0 radical (unpaired) electrons. The van der Waals surface area contributed by atoms with Crippen molar-refractivity contribution in [1.29, 1.82) is 0 Å². The Morgan fingerprint density at radius 1 is 1.57 bits per heavy atom. The summed E-state index contributed by atoms with van der Waals surface area (Å²) in [6, 6.07) is 0.252. The molecule has 4 heteroatoms. The second-order valence-corrected chi connectivity index (χ2v) is 3.55. The number of aryl methyl sites for hydroxylation is 1. The van der Waals surface area contributed by atoms with Gasteiger partial charge in [-0.1, -0.05) is 6.92 Å². The van der Waals surface area contributed by atoms with Gasteiger partial charge in [0, 0.05) is 6.04 Å². The number of carboxylic acid groups (broad SMARTS) is 1. The van der Waals surface area contributed by atoms with E-state index in [9.17, 15) is 4.79 Å². The van der Waals surface area contributed by atoms with Gasteiger partial charge in [0.25, 0.3) is 0 Å². The zero-order valence-electron chi connectivity index (χ0n) is 9.03.